The van der Waals surface area contributed by atoms with E-state index in [9.17, 15) is 5.11 Å². The number of aromatic nitrogens is 5. The van der Waals surface area contributed by atoms with Crippen molar-refractivity contribution in [2.45, 2.75) is 19.4 Å². The Morgan fingerprint density at radius 1 is 1.40 bits per heavy atom. The summed E-state index contributed by atoms with van der Waals surface area (Å²) >= 11 is 0. The van der Waals surface area contributed by atoms with E-state index in [2.05, 4.69) is 25.4 Å². The highest BCUT2D eigenvalue weighted by Gasteiger charge is 2.11. The molecule has 2 N–H and O–H groups in total. The molecule has 0 saturated heterocycles. The molecule has 108 valence electrons. The van der Waals surface area contributed by atoms with Gasteiger partial charge in [-0.1, -0.05) is 0 Å². The lowest BCUT2D eigenvalue weighted by molar-refractivity contribution is 0.186. The lowest BCUT2D eigenvalue weighted by Crippen LogP contribution is -2.25. The lowest BCUT2D eigenvalue weighted by atomic mass is 10.3. The molecule has 0 aliphatic rings. The minimum absolute atomic E-state index is 0.353. The zero-order valence-electron chi connectivity index (χ0n) is 11.9. The molecule has 2 heterocycles. The fourth-order valence-corrected chi connectivity index (χ4v) is 1.61. The maximum atomic E-state index is 9.35. The summed E-state index contributed by atoms with van der Waals surface area (Å²) in [6.45, 7) is 2.42. The normalized spacial score (nSPS) is 12.2. The average molecular weight is 277 g/mol. The van der Waals surface area contributed by atoms with Crippen molar-refractivity contribution in [3.8, 4) is 5.95 Å². The first-order valence-corrected chi connectivity index (χ1v) is 6.43. The van der Waals surface area contributed by atoms with Gasteiger partial charge in [0.05, 0.1) is 6.10 Å². The van der Waals surface area contributed by atoms with E-state index in [-0.39, 0.29) is 6.10 Å². The van der Waals surface area contributed by atoms with Crippen LogP contribution in [-0.2, 0) is 0 Å². The highest BCUT2D eigenvalue weighted by molar-refractivity contribution is 5.38. The second-order valence-electron chi connectivity index (χ2n) is 4.52. The van der Waals surface area contributed by atoms with Gasteiger partial charge in [-0.3, -0.25) is 0 Å². The molecule has 0 bridgehead atoms. The Morgan fingerprint density at radius 3 is 2.80 bits per heavy atom. The first-order chi connectivity index (χ1) is 9.60. The van der Waals surface area contributed by atoms with Crippen LogP contribution in [0.4, 0.5) is 11.9 Å². The van der Waals surface area contributed by atoms with Gasteiger partial charge in [-0.15, -0.1) is 0 Å². The van der Waals surface area contributed by atoms with Gasteiger partial charge in [-0.05, 0) is 19.4 Å². The molecule has 0 amide bonds. The van der Waals surface area contributed by atoms with Gasteiger partial charge in [0.25, 0.3) is 5.95 Å². The Balaban J connectivity index is 2.26. The van der Waals surface area contributed by atoms with Crippen LogP contribution in [0.5, 0.6) is 0 Å². The molecule has 1 atom stereocenters. The number of hydrogen-bond acceptors (Lipinski definition) is 7. The number of aliphatic hydroxyl groups is 1. The van der Waals surface area contributed by atoms with Crippen molar-refractivity contribution >= 4 is 11.9 Å². The number of nitrogens with zero attached hydrogens (tertiary/aromatic N) is 6. The highest BCUT2D eigenvalue weighted by atomic mass is 16.3. The number of rotatable bonds is 6. The maximum absolute atomic E-state index is 9.35. The third-order valence-corrected chi connectivity index (χ3v) is 2.77. The van der Waals surface area contributed by atoms with E-state index < -0.39 is 0 Å². The molecule has 2 aromatic rings. The van der Waals surface area contributed by atoms with Gasteiger partial charge in [-0.25, -0.2) is 4.68 Å². The van der Waals surface area contributed by atoms with Crippen LogP contribution in [0.25, 0.3) is 5.95 Å². The third kappa shape index (κ3) is 3.41. The second kappa shape index (κ2) is 6.29. The summed E-state index contributed by atoms with van der Waals surface area (Å²) in [4.78, 5) is 14.8. The minimum Gasteiger partial charge on any atom is -0.393 e. The van der Waals surface area contributed by atoms with Crippen LogP contribution in [0.15, 0.2) is 18.5 Å². The quantitative estimate of drug-likeness (QED) is 0.784. The first kappa shape index (κ1) is 14.2. The fourth-order valence-electron chi connectivity index (χ4n) is 1.61. The molecule has 0 aliphatic heterocycles. The third-order valence-electron chi connectivity index (χ3n) is 2.77. The van der Waals surface area contributed by atoms with Crippen LogP contribution in [-0.4, -0.2) is 56.6 Å². The van der Waals surface area contributed by atoms with Crippen molar-refractivity contribution < 1.29 is 5.11 Å². The number of hydrogen-bond donors (Lipinski definition) is 2. The van der Waals surface area contributed by atoms with Crippen LogP contribution in [0.2, 0.25) is 0 Å². The summed E-state index contributed by atoms with van der Waals surface area (Å²) in [5, 5.41) is 16.4. The van der Waals surface area contributed by atoms with E-state index in [1.54, 1.807) is 37.1 Å². The summed E-state index contributed by atoms with van der Waals surface area (Å²) in [5.41, 5.74) is 0. The number of anilines is 2. The Kier molecular flexibility index (Phi) is 4.46. The number of nitrogens with one attached hydrogen (secondary N) is 1. The zero-order valence-corrected chi connectivity index (χ0v) is 11.9. The van der Waals surface area contributed by atoms with Crippen LogP contribution in [0.1, 0.15) is 13.3 Å². The monoisotopic (exact) mass is 277 g/mol. The SMILES string of the molecule is CNc1nc(N(C)CCC(C)O)nc(-n2cccn2)n1. The molecular weight excluding hydrogens is 258 g/mol. The van der Waals surface area contributed by atoms with Crippen molar-refractivity contribution in [2.75, 3.05) is 30.9 Å². The average Bonchev–Trinajstić information content (AvgIpc) is 2.98. The molecule has 0 fully saturated rings. The molecule has 0 spiro atoms. The molecule has 0 aromatic carbocycles. The molecule has 2 rings (SSSR count). The molecule has 1 unspecified atom stereocenters. The molecule has 0 aliphatic carbocycles. The summed E-state index contributed by atoms with van der Waals surface area (Å²) < 4.78 is 1.58. The summed E-state index contributed by atoms with van der Waals surface area (Å²) in [7, 11) is 3.63. The zero-order chi connectivity index (χ0) is 14.5. The van der Waals surface area contributed by atoms with E-state index >= 15 is 0 Å². The predicted octanol–water partition coefficient (Wildman–Crippen LogP) is 0.306. The first-order valence-electron chi connectivity index (χ1n) is 6.43. The molecule has 20 heavy (non-hydrogen) atoms. The van der Waals surface area contributed by atoms with Crippen LogP contribution >= 0.6 is 0 Å². The van der Waals surface area contributed by atoms with E-state index in [4.69, 9.17) is 0 Å². The van der Waals surface area contributed by atoms with Gasteiger partial charge in [0, 0.05) is 33.0 Å². The van der Waals surface area contributed by atoms with E-state index in [0.29, 0.717) is 30.8 Å². The molecular formula is C12H19N7O. The summed E-state index contributed by atoms with van der Waals surface area (Å²) in [6, 6.07) is 1.81. The standard InChI is InChI=1S/C12H19N7O/c1-9(20)5-8-18(3)11-15-10(13-2)16-12(17-11)19-7-4-6-14-19/h4,6-7,9,20H,5,8H2,1-3H3,(H,13,15,16,17). The van der Waals surface area contributed by atoms with Crippen LogP contribution < -0.4 is 10.2 Å². The Hall–Kier alpha value is -2.22. The Labute approximate surface area is 117 Å². The number of aliphatic hydroxyl groups excluding tert-OH is 1. The topological polar surface area (TPSA) is 92.0 Å². The van der Waals surface area contributed by atoms with E-state index in [1.807, 2.05) is 11.9 Å². The van der Waals surface area contributed by atoms with Crippen molar-refractivity contribution in [2.24, 2.45) is 0 Å². The smallest absolute Gasteiger partial charge is 0.257 e. The van der Waals surface area contributed by atoms with Crippen LogP contribution in [0, 0.1) is 0 Å². The molecule has 8 nitrogen and oxygen atoms in total. The Bertz CT molecular complexity index is 541. The van der Waals surface area contributed by atoms with Crippen LogP contribution in [0.3, 0.4) is 0 Å². The van der Waals surface area contributed by atoms with Crippen molar-refractivity contribution in [3.05, 3.63) is 18.5 Å². The molecule has 8 heteroatoms. The van der Waals surface area contributed by atoms with Gasteiger partial charge < -0.3 is 15.3 Å². The van der Waals surface area contributed by atoms with Gasteiger partial charge >= 0.3 is 0 Å². The highest BCUT2D eigenvalue weighted by Crippen LogP contribution is 2.12. The van der Waals surface area contributed by atoms with E-state index in [1.165, 1.54) is 0 Å². The summed E-state index contributed by atoms with van der Waals surface area (Å²) in [5.74, 6) is 1.47. The van der Waals surface area contributed by atoms with Crippen molar-refractivity contribution in [3.63, 3.8) is 0 Å². The Morgan fingerprint density at radius 2 is 2.20 bits per heavy atom. The maximum Gasteiger partial charge on any atom is 0.257 e. The minimum atomic E-state index is -0.353. The fraction of sp³-hybridized carbons (Fsp3) is 0.500. The van der Waals surface area contributed by atoms with E-state index in [0.717, 1.165) is 0 Å². The summed E-state index contributed by atoms with van der Waals surface area (Å²) in [6.07, 6.45) is 3.73. The molecule has 0 saturated carbocycles. The van der Waals surface area contributed by atoms with Gasteiger partial charge in [0.2, 0.25) is 11.9 Å². The van der Waals surface area contributed by atoms with Gasteiger partial charge in [-0.2, -0.15) is 20.1 Å². The van der Waals surface area contributed by atoms with Crippen molar-refractivity contribution in [1.29, 1.82) is 0 Å². The van der Waals surface area contributed by atoms with Gasteiger partial charge in [0.15, 0.2) is 0 Å². The van der Waals surface area contributed by atoms with Gasteiger partial charge in [0.1, 0.15) is 0 Å². The predicted molar refractivity (Wildman–Crippen MR) is 76.1 cm³/mol. The lowest BCUT2D eigenvalue weighted by Gasteiger charge is -2.18. The second-order valence-corrected chi connectivity index (χ2v) is 4.52. The molecule has 2 aromatic heterocycles. The molecule has 0 radical (unpaired) electrons. The van der Waals surface area contributed by atoms with Crippen molar-refractivity contribution in [1.82, 2.24) is 24.7 Å². The largest absolute Gasteiger partial charge is 0.393 e.